The van der Waals surface area contributed by atoms with Gasteiger partial charge in [0, 0.05) is 31.4 Å². The Morgan fingerprint density at radius 2 is 2.09 bits per heavy atom. The van der Waals surface area contributed by atoms with Gasteiger partial charge >= 0.3 is 5.97 Å². The number of H-pyrrole nitrogens is 1. The number of carboxylic acid groups (broad SMARTS) is 1. The smallest absolute Gasteiger partial charge is 0.348 e. The van der Waals surface area contributed by atoms with Crippen molar-refractivity contribution in [2.24, 2.45) is 11.8 Å². The number of aromatic carboxylic acids is 1. The molecule has 1 fully saturated rings. The fourth-order valence-corrected chi connectivity index (χ4v) is 5.46. The normalized spacial score (nSPS) is 18.5. The highest BCUT2D eigenvalue weighted by molar-refractivity contribution is 7.17. The maximum Gasteiger partial charge on any atom is 0.348 e. The molecular formula is C22H21Cl2FN4O3S. The number of nitrogens with one attached hydrogen (secondary N) is 1. The maximum atomic E-state index is 14.2. The van der Waals surface area contributed by atoms with Crippen molar-refractivity contribution in [1.82, 2.24) is 15.0 Å². The van der Waals surface area contributed by atoms with E-state index in [2.05, 4.69) is 15.0 Å². The van der Waals surface area contributed by atoms with Crippen LogP contribution in [0.3, 0.4) is 0 Å². The Labute approximate surface area is 203 Å². The summed E-state index contributed by atoms with van der Waals surface area (Å²) in [5, 5.41) is 10.7. The largest absolute Gasteiger partial charge is 0.477 e. The average molecular weight is 511 g/mol. The first-order valence-electron chi connectivity index (χ1n) is 10.3. The van der Waals surface area contributed by atoms with E-state index in [1.54, 1.807) is 6.92 Å². The monoisotopic (exact) mass is 510 g/mol. The van der Waals surface area contributed by atoms with E-state index in [1.165, 1.54) is 18.3 Å². The number of halogens is 3. The minimum Gasteiger partial charge on any atom is -0.477 e. The number of aromatic nitrogens is 3. The lowest BCUT2D eigenvalue weighted by atomic mass is 9.83. The number of aryl methyl sites for hydroxylation is 1. The van der Waals surface area contributed by atoms with Crippen molar-refractivity contribution in [3.05, 3.63) is 50.5 Å². The Morgan fingerprint density at radius 3 is 2.70 bits per heavy atom. The van der Waals surface area contributed by atoms with E-state index in [4.69, 9.17) is 23.2 Å². The molecule has 2 atom stereocenters. The second kappa shape index (κ2) is 9.40. The van der Waals surface area contributed by atoms with Gasteiger partial charge in [-0.2, -0.15) is 0 Å². The third-order valence-electron chi connectivity index (χ3n) is 5.93. The van der Waals surface area contributed by atoms with Crippen molar-refractivity contribution in [3.63, 3.8) is 0 Å². The molecule has 3 aromatic heterocycles. The summed E-state index contributed by atoms with van der Waals surface area (Å²) < 4.78 is 14.2. The van der Waals surface area contributed by atoms with Crippen LogP contribution < -0.4 is 4.90 Å². The van der Waals surface area contributed by atoms with Gasteiger partial charge in [0.05, 0.1) is 10.0 Å². The predicted molar refractivity (Wildman–Crippen MR) is 126 cm³/mol. The molecule has 4 heterocycles. The summed E-state index contributed by atoms with van der Waals surface area (Å²) in [5.74, 6) is -1.63. The standard InChI is InChI=1S/C22H21Cl2FN4O3S/c1-10-9-29(7-5-12(10)8-14(30)18-16(24)15(23)11(2)27-18)22-28-19(20(33-22)21(31)32)17-13(25)4-3-6-26-17/h3-4,6,10,12,27H,5,7-9H2,1-2H3,(H,31,32)/t10-,12-/m0/s1. The molecule has 0 unspecified atom stereocenters. The van der Waals surface area contributed by atoms with Gasteiger partial charge in [-0.15, -0.1) is 0 Å². The number of carbonyl (C=O) groups is 2. The second-order valence-electron chi connectivity index (χ2n) is 8.17. The van der Waals surface area contributed by atoms with E-state index in [-0.39, 0.29) is 38.9 Å². The lowest BCUT2D eigenvalue weighted by molar-refractivity contribution is 0.0702. The Bertz CT molecular complexity index is 1230. The Kier molecular flexibility index (Phi) is 6.74. The number of hydrogen-bond donors (Lipinski definition) is 2. The molecule has 3 aromatic rings. The number of nitrogens with zero attached hydrogens (tertiary/aromatic N) is 3. The quantitative estimate of drug-likeness (QED) is 0.411. The number of piperidine rings is 1. The number of thiazole rings is 1. The second-order valence-corrected chi connectivity index (χ2v) is 9.90. The lowest BCUT2D eigenvalue weighted by Crippen LogP contribution is -2.40. The van der Waals surface area contributed by atoms with Crippen LogP contribution in [-0.2, 0) is 0 Å². The van der Waals surface area contributed by atoms with E-state index >= 15 is 0 Å². The zero-order chi connectivity index (χ0) is 23.9. The van der Waals surface area contributed by atoms with E-state index in [0.717, 1.165) is 11.3 Å². The Morgan fingerprint density at radius 1 is 1.33 bits per heavy atom. The highest BCUT2D eigenvalue weighted by Gasteiger charge is 2.32. The highest BCUT2D eigenvalue weighted by Crippen LogP contribution is 2.38. The van der Waals surface area contributed by atoms with Gasteiger partial charge in [-0.3, -0.25) is 9.78 Å². The molecule has 1 aliphatic heterocycles. The third kappa shape index (κ3) is 4.62. The molecule has 0 aliphatic carbocycles. The molecule has 0 amide bonds. The summed E-state index contributed by atoms with van der Waals surface area (Å²) in [4.78, 5) is 37.9. The first-order valence-corrected chi connectivity index (χ1v) is 11.9. The molecule has 2 N–H and O–H groups in total. The van der Waals surface area contributed by atoms with Crippen molar-refractivity contribution in [2.45, 2.75) is 26.7 Å². The van der Waals surface area contributed by atoms with Crippen LogP contribution in [0.4, 0.5) is 9.52 Å². The summed E-state index contributed by atoms with van der Waals surface area (Å²) in [5.41, 5.74) is 0.940. The fourth-order valence-electron chi connectivity index (χ4n) is 4.08. The molecule has 0 spiro atoms. The topological polar surface area (TPSA) is 99.2 Å². The summed E-state index contributed by atoms with van der Waals surface area (Å²) >= 11 is 13.3. The van der Waals surface area contributed by atoms with Gasteiger partial charge in [0.25, 0.3) is 0 Å². The molecule has 4 rings (SSSR count). The number of ketones is 1. The molecule has 7 nitrogen and oxygen atoms in total. The minimum atomic E-state index is -1.18. The van der Waals surface area contributed by atoms with Crippen LogP contribution in [0.2, 0.25) is 10.0 Å². The first-order chi connectivity index (χ1) is 15.7. The van der Waals surface area contributed by atoms with Crippen LogP contribution in [0.1, 0.15) is 45.6 Å². The van der Waals surface area contributed by atoms with Crippen molar-refractivity contribution >= 4 is 51.4 Å². The van der Waals surface area contributed by atoms with Gasteiger partial charge in [-0.25, -0.2) is 14.2 Å². The average Bonchev–Trinajstić information content (AvgIpc) is 3.33. The molecular weight excluding hydrogens is 490 g/mol. The molecule has 1 saturated heterocycles. The van der Waals surface area contributed by atoms with Gasteiger partial charge in [-0.05, 0) is 37.3 Å². The molecule has 0 aromatic carbocycles. The molecule has 0 saturated carbocycles. The van der Waals surface area contributed by atoms with Crippen molar-refractivity contribution in [3.8, 4) is 11.4 Å². The van der Waals surface area contributed by atoms with Crippen LogP contribution in [-0.4, -0.2) is 44.9 Å². The van der Waals surface area contributed by atoms with E-state index in [9.17, 15) is 19.1 Å². The SMILES string of the molecule is Cc1[nH]c(C(=O)C[C@@H]2CCN(c3nc(-c4ncccc4F)c(C(=O)O)s3)C[C@@H]2C)c(Cl)c1Cl. The number of pyridine rings is 1. The van der Waals surface area contributed by atoms with E-state index < -0.39 is 11.8 Å². The van der Waals surface area contributed by atoms with E-state index in [0.29, 0.717) is 47.5 Å². The fraction of sp³-hybridized carbons (Fsp3) is 0.364. The zero-order valence-electron chi connectivity index (χ0n) is 17.9. The van der Waals surface area contributed by atoms with Crippen LogP contribution in [0.25, 0.3) is 11.4 Å². The molecule has 1 aliphatic rings. The number of aromatic amines is 1. The van der Waals surface area contributed by atoms with Crippen LogP contribution in [0.5, 0.6) is 0 Å². The molecule has 0 radical (unpaired) electrons. The van der Waals surface area contributed by atoms with Gasteiger partial charge in [0.2, 0.25) is 0 Å². The number of carbonyl (C=O) groups excluding carboxylic acids is 1. The third-order valence-corrected chi connectivity index (χ3v) is 7.98. The predicted octanol–water partition coefficient (Wildman–Crippen LogP) is 5.72. The summed E-state index contributed by atoms with van der Waals surface area (Å²) in [6.07, 6.45) is 2.44. The molecule has 33 heavy (non-hydrogen) atoms. The Balaban J connectivity index is 1.50. The van der Waals surface area contributed by atoms with Gasteiger partial charge in [0.1, 0.15) is 22.0 Å². The maximum absolute atomic E-state index is 14.2. The van der Waals surface area contributed by atoms with Gasteiger partial charge < -0.3 is 15.0 Å². The number of hydrogen-bond acceptors (Lipinski definition) is 6. The van der Waals surface area contributed by atoms with Crippen molar-refractivity contribution < 1.29 is 19.1 Å². The van der Waals surface area contributed by atoms with Crippen LogP contribution in [0.15, 0.2) is 18.3 Å². The zero-order valence-corrected chi connectivity index (χ0v) is 20.2. The molecule has 0 bridgehead atoms. The highest BCUT2D eigenvalue weighted by atomic mass is 35.5. The van der Waals surface area contributed by atoms with Crippen LogP contribution >= 0.6 is 34.5 Å². The lowest BCUT2D eigenvalue weighted by Gasteiger charge is -2.36. The first kappa shape index (κ1) is 23.7. The van der Waals surface area contributed by atoms with Crippen molar-refractivity contribution in [1.29, 1.82) is 0 Å². The molecule has 11 heteroatoms. The van der Waals surface area contributed by atoms with Gasteiger partial charge in [-0.1, -0.05) is 41.5 Å². The number of anilines is 1. The van der Waals surface area contributed by atoms with Gasteiger partial charge in [0.15, 0.2) is 16.7 Å². The number of rotatable bonds is 6. The number of Topliss-reactive ketones (excluding diaryl/α,β-unsaturated/α-hetero) is 1. The molecule has 174 valence electrons. The summed E-state index contributed by atoms with van der Waals surface area (Å²) in [6, 6.07) is 2.67. The Hall–Kier alpha value is -2.49. The minimum absolute atomic E-state index is 0.0270. The van der Waals surface area contributed by atoms with Crippen molar-refractivity contribution in [2.75, 3.05) is 18.0 Å². The summed E-state index contributed by atoms with van der Waals surface area (Å²) in [7, 11) is 0. The summed E-state index contributed by atoms with van der Waals surface area (Å²) in [6.45, 7) is 4.99. The van der Waals surface area contributed by atoms with E-state index in [1.807, 2.05) is 11.8 Å². The van der Waals surface area contributed by atoms with Crippen LogP contribution in [0, 0.1) is 24.6 Å². The number of carboxylic acids is 1.